The zero-order valence-corrected chi connectivity index (χ0v) is 75.5. The van der Waals surface area contributed by atoms with Gasteiger partial charge in [0.05, 0.1) is 35.1 Å². The lowest BCUT2D eigenvalue weighted by Gasteiger charge is -2.36. The third kappa shape index (κ3) is 23.8. The number of halogens is 6. The lowest BCUT2D eigenvalue weighted by Crippen LogP contribution is -2.53. The van der Waals surface area contributed by atoms with E-state index in [0.717, 1.165) is 41.0 Å². The smallest absolute Gasteiger partial charge is 0.481 e. The number of hydrogen-bond donors (Lipinski definition) is 4. The number of fused-ring (bicyclic) bond motifs is 1. The molecule has 17 rings (SSSR count). The van der Waals surface area contributed by atoms with Crippen LogP contribution in [0.4, 0.5) is 60.8 Å². The number of amides is 5. The molecule has 2 atom stereocenters. The Balaban J connectivity index is 0.000000182. The summed E-state index contributed by atoms with van der Waals surface area (Å²) in [5, 5.41) is 9.42. The van der Waals surface area contributed by atoms with E-state index >= 15 is 0 Å². The number of sulfonamides is 4. The van der Waals surface area contributed by atoms with Crippen LogP contribution in [0.2, 0.25) is 10.0 Å². The molecule has 0 spiro atoms. The molecule has 0 aliphatic carbocycles. The predicted molar refractivity (Wildman–Crippen MR) is 493 cm³/mol. The van der Waals surface area contributed by atoms with Crippen LogP contribution in [-0.4, -0.2) is 175 Å². The van der Waals surface area contributed by atoms with Crippen molar-refractivity contribution >= 4 is 192 Å². The van der Waals surface area contributed by atoms with E-state index in [1.165, 1.54) is 152 Å². The molecule has 0 bridgehead atoms. The number of alkyl halides is 3. The van der Waals surface area contributed by atoms with Gasteiger partial charge in [0.15, 0.2) is 32.7 Å². The van der Waals surface area contributed by atoms with E-state index in [1.807, 2.05) is 30.3 Å². The Bertz CT molecular complexity index is 6650. The maximum absolute atomic E-state index is 13.6. The Morgan fingerprint density at radius 1 is 0.481 bits per heavy atom. The molecular formula is C84H83Cl2F4N15O16S8. The van der Waals surface area contributed by atoms with Crippen molar-refractivity contribution in [1.29, 1.82) is 0 Å². The summed E-state index contributed by atoms with van der Waals surface area (Å²) < 4.78 is 177. The third-order valence-corrected chi connectivity index (χ3v) is 29.5. The first kappa shape index (κ1) is 92.8. The number of rotatable bonds is 25. The second-order valence-corrected chi connectivity index (χ2v) is 39.6. The molecule has 4 aliphatic heterocycles. The molecule has 2 unspecified atom stereocenters. The monoisotopic (exact) mass is 1960 g/mol. The second-order valence-electron chi connectivity index (χ2n) is 28.5. The van der Waals surface area contributed by atoms with Crippen LogP contribution in [0.3, 0.4) is 0 Å². The van der Waals surface area contributed by atoms with Crippen molar-refractivity contribution in [3.05, 3.63) is 268 Å². The zero-order valence-electron chi connectivity index (χ0n) is 67.4. The number of carbonyl (C=O) groups excluding carboxylic acids is 5. The Labute approximate surface area is 769 Å². The largest absolute Gasteiger partial charge is 0.573 e. The molecule has 129 heavy (non-hydrogen) atoms. The number of nitrogens with zero attached hydrogens (tertiary/aromatic N) is 11. The van der Waals surface area contributed by atoms with Gasteiger partial charge in [-0.25, -0.2) is 58.0 Å². The minimum atomic E-state index is -4.84. The van der Waals surface area contributed by atoms with Gasteiger partial charge < -0.3 is 48.2 Å². The predicted octanol–water partition coefficient (Wildman–Crippen LogP) is 15.8. The summed E-state index contributed by atoms with van der Waals surface area (Å²) in [6.45, 7) is 5.75. The number of aryl methyl sites for hydroxylation is 1. The molecule has 0 saturated carbocycles. The molecule has 31 nitrogen and oxygen atoms in total. The van der Waals surface area contributed by atoms with E-state index in [0.29, 0.717) is 113 Å². The standard InChI is InChI=1S/C23H20FN5O4S2.C21H21N3O4S2.C20H18Cl2N4O3S2.C20H16F3N3O5S2.4H2/c24-17-2-1-16-7-9-27(20(16)13-17)14-21(30)28-10-11-29(22(31)15-28)18-3-5-19(6-4-18)35(32,33)26-23-25-8-12-34-23;1-2-15-3-7-17(8-4-15)28-19-11-13-24(20(19)25)16-5-9-18(10-6-16)30(26,27)23-21-22-12-14-29-21;21-17-6-1-14(13-18(17)22)19(27)26-10-8-25(9-11-26)15-2-4-16(5-3-15)31(28,29)24-20-23-7-12-30-20;21-20(22,23)31-15-3-1-2-14(12-15)30-17-8-10-26(18(17)27)13-4-6-16(7-5-13)33(28,29)25-19-24-9-11-32-19;;;;/h1-9,12-13H,10-11,14-15H2,(H,25,26);3-10,12,14,19H,2,11,13H2,1H3,(H,22,23);1-7,12-13H,8-11H2,(H,23,24);1-7,9,11-12,17H,8,10H2,(H,24,25);4*1H. The number of piperazine rings is 2. The molecule has 4 N–H and O–H groups in total. The Kier molecular flexibility index (Phi) is 29.2. The van der Waals surface area contributed by atoms with Crippen molar-refractivity contribution in [3.8, 4) is 17.2 Å². The summed E-state index contributed by atoms with van der Waals surface area (Å²) in [6, 6.07) is 48.3. The normalized spacial score (nSPS) is 15.5. The average Bonchev–Trinajstić information content (AvgIpc) is 1.31. The molecule has 13 aromatic rings. The van der Waals surface area contributed by atoms with E-state index in [4.69, 9.17) is 32.7 Å². The molecule has 8 aromatic carbocycles. The van der Waals surface area contributed by atoms with Crippen LogP contribution in [0.15, 0.2) is 260 Å². The molecular weight excluding hydrogens is 1880 g/mol. The minimum Gasteiger partial charge on any atom is -0.481 e. The zero-order chi connectivity index (χ0) is 91.4. The first-order chi connectivity index (χ1) is 61.7. The number of carbonyl (C=O) groups is 5. The van der Waals surface area contributed by atoms with E-state index in [1.54, 1.807) is 115 Å². The fraction of sp³-hybridized carbons (Fsp3) is 0.202. The molecule has 4 saturated heterocycles. The van der Waals surface area contributed by atoms with Crippen LogP contribution in [-0.2, 0) is 72.2 Å². The number of benzene rings is 8. The van der Waals surface area contributed by atoms with Gasteiger partial charge in [0, 0.05) is 158 Å². The van der Waals surface area contributed by atoms with Crippen molar-refractivity contribution in [3.63, 3.8) is 0 Å². The van der Waals surface area contributed by atoms with Crippen molar-refractivity contribution in [2.75, 3.05) is 97.4 Å². The van der Waals surface area contributed by atoms with Gasteiger partial charge in [-0.05, 0) is 181 Å². The van der Waals surface area contributed by atoms with Crippen LogP contribution in [0.1, 0.15) is 41.4 Å². The molecule has 45 heteroatoms. The summed E-state index contributed by atoms with van der Waals surface area (Å²) in [5.74, 6) is -1.24. The lowest BCUT2D eigenvalue weighted by atomic mass is 10.1. The van der Waals surface area contributed by atoms with Gasteiger partial charge in [0.25, 0.3) is 57.8 Å². The van der Waals surface area contributed by atoms with Crippen LogP contribution in [0.5, 0.6) is 17.2 Å². The van der Waals surface area contributed by atoms with Gasteiger partial charge in [-0.15, -0.1) is 58.5 Å². The summed E-state index contributed by atoms with van der Waals surface area (Å²) >= 11 is 16.7. The third-order valence-electron chi connectivity index (χ3n) is 20.1. The van der Waals surface area contributed by atoms with E-state index in [2.05, 4.69) is 55.4 Å². The molecule has 680 valence electrons. The molecule has 5 aromatic heterocycles. The average molecular weight is 1960 g/mol. The number of thiazole rings is 4. The number of nitrogens with one attached hydrogen (secondary N) is 4. The summed E-state index contributed by atoms with van der Waals surface area (Å²) in [6.07, 6.45) is 3.29. The van der Waals surface area contributed by atoms with Crippen LogP contribution in [0.25, 0.3) is 10.9 Å². The van der Waals surface area contributed by atoms with E-state index in [9.17, 15) is 75.2 Å². The number of anilines is 8. The highest BCUT2D eigenvalue weighted by molar-refractivity contribution is 7.94. The number of ether oxygens (including phenoxy) is 3. The maximum atomic E-state index is 13.6. The van der Waals surface area contributed by atoms with Gasteiger partial charge in [0.2, 0.25) is 11.8 Å². The van der Waals surface area contributed by atoms with Crippen LogP contribution < -0.4 is 52.7 Å². The van der Waals surface area contributed by atoms with Crippen LogP contribution in [0, 0.1) is 5.82 Å². The van der Waals surface area contributed by atoms with Crippen LogP contribution >= 0.6 is 68.5 Å². The highest BCUT2D eigenvalue weighted by atomic mass is 35.5. The molecule has 0 radical (unpaired) electrons. The SMILES string of the molecule is CCc1ccc(OC2CCN(c3ccc(S(=O)(=O)Nc4nccs4)cc3)C2=O)cc1.O=C(Cn1ccc2ccc(F)cc21)N1CCN(c2ccc(S(=O)(=O)Nc3nccs3)cc2)C(=O)C1.O=C(c1ccc(Cl)c(Cl)c1)N1CCN(c2ccc(S(=O)(=O)Nc3nccs3)cc2)CC1.O=C1C(Oc2cccc(OC(F)(F)F)c2)CCN1c1ccc(S(=O)(=O)Nc2nccs2)cc1.[HH].[HH].[HH].[HH]. The van der Waals surface area contributed by atoms with Gasteiger partial charge >= 0.3 is 6.36 Å². The van der Waals surface area contributed by atoms with Gasteiger partial charge in [0.1, 0.15) is 36.2 Å². The fourth-order valence-corrected chi connectivity index (χ4v) is 21.1. The van der Waals surface area contributed by atoms with Crippen molar-refractivity contribution < 1.29 is 95.1 Å². The molecule has 4 aliphatic rings. The van der Waals surface area contributed by atoms with E-state index < -0.39 is 70.3 Å². The summed E-state index contributed by atoms with van der Waals surface area (Å²) in [7, 11) is -15.0. The quantitative estimate of drug-likeness (QED) is 0.0386. The Morgan fingerprint density at radius 3 is 1.36 bits per heavy atom. The maximum Gasteiger partial charge on any atom is 0.573 e. The van der Waals surface area contributed by atoms with Gasteiger partial charge in [-0.3, -0.25) is 42.9 Å². The highest BCUT2D eigenvalue weighted by Gasteiger charge is 2.38. The minimum absolute atomic E-state index is 0. The molecule has 5 amide bonds. The second kappa shape index (κ2) is 40.6. The van der Waals surface area contributed by atoms with Gasteiger partial charge in [-0.1, -0.05) is 48.3 Å². The lowest BCUT2D eigenvalue weighted by molar-refractivity contribution is -0.274. The Morgan fingerprint density at radius 2 is 0.922 bits per heavy atom. The molecule has 9 heterocycles. The first-order valence-corrected chi connectivity index (χ1v) is 49.2. The highest BCUT2D eigenvalue weighted by Crippen LogP contribution is 2.35. The number of hydrogen-bond acceptors (Lipinski definition) is 25. The fourth-order valence-electron chi connectivity index (χ4n) is 13.6. The topological polar surface area (TPSA) is 374 Å². The van der Waals surface area contributed by atoms with Crippen molar-refractivity contribution in [1.82, 2.24) is 34.3 Å². The number of aromatic nitrogens is 5. The van der Waals surface area contributed by atoms with Crippen molar-refractivity contribution in [2.45, 2.75) is 70.9 Å². The summed E-state index contributed by atoms with van der Waals surface area (Å²) in [5.41, 5.74) is 4.88. The Hall–Kier alpha value is -12.3. The van der Waals surface area contributed by atoms with E-state index in [-0.39, 0.29) is 90.4 Å². The first-order valence-electron chi connectivity index (χ1n) is 39.0. The van der Waals surface area contributed by atoms with Crippen molar-refractivity contribution in [2.24, 2.45) is 0 Å². The summed E-state index contributed by atoms with van der Waals surface area (Å²) in [4.78, 5) is 89.8. The van der Waals surface area contributed by atoms with Gasteiger partial charge in [-0.2, -0.15) is 0 Å². The molecule has 4 fully saturated rings.